The van der Waals surface area contributed by atoms with Crippen LogP contribution in [0.4, 0.5) is 0 Å². The minimum absolute atomic E-state index is 1.22. The molecule has 0 saturated carbocycles. The Morgan fingerprint density at radius 2 is 1.82 bits per heavy atom. The molecule has 0 amide bonds. The fourth-order valence-corrected chi connectivity index (χ4v) is 3.45. The Bertz CT molecular complexity index is 632. The molecule has 2 aromatic rings. The summed E-state index contributed by atoms with van der Waals surface area (Å²) in [5.41, 5.74) is 6.33. The smallest absolute Gasteiger partial charge is 0.00738 e. The molecule has 2 aromatic carbocycles. The van der Waals surface area contributed by atoms with Gasteiger partial charge in [-0.1, -0.05) is 36.4 Å². The van der Waals surface area contributed by atoms with Crippen LogP contribution in [0.2, 0.25) is 0 Å². The third-order valence-corrected chi connectivity index (χ3v) is 4.24. The van der Waals surface area contributed by atoms with E-state index in [1.165, 1.54) is 37.5 Å². The molecule has 0 aliphatic heterocycles. The topological polar surface area (TPSA) is 0 Å². The van der Waals surface area contributed by atoms with E-state index in [2.05, 4.69) is 36.4 Å². The van der Waals surface area contributed by atoms with Gasteiger partial charge in [0.15, 0.2) is 0 Å². The number of aryl methyl sites for hydroxylation is 2. The maximum atomic E-state index is 2.49. The fourth-order valence-electron chi connectivity index (χ4n) is 3.45. The minimum atomic E-state index is 1.22. The Hall–Kier alpha value is -1.56. The van der Waals surface area contributed by atoms with Gasteiger partial charge in [-0.3, -0.25) is 0 Å². The summed E-state index contributed by atoms with van der Waals surface area (Å²) in [6, 6.07) is 11.4. The molecule has 0 radical (unpaired) electrons. The first-order valence-electron chi connectivity index (χ1n) is 6.66. The molecular weight excluding hydrogens is 204 g/mol. The van der Waals surface area contributed by atoms with E-state index in [0.717, 1.165) is 0 Å². The highest BCUT2D eigenvalue weighted by Crippen LogP contribution is 2.40. The van der Waals surface area contributed by atoms with Crippen LogP contribution in [0.1, 0.15) is 36.0 Å². The largest absolute Gasteiger partial charge is 0.0807 e. The summed E-state index contributed by atoms with van der Waals surface area (Å²) in [6.45, 7) is 0. The standard InChI is InChI=1S/C17H16/c1-2-5-13-9-11-15-7-3-6-14-10-8-12(4-1)16(13)17(14)15/h3-4,6-7,9,11H,1-2,5,8,10H2. The molecule has 0 saturated heterocycles. The highest BCUT2D eigenvalue weighted by atomic mass is 14.2. The number of allylic oxidation sites excluding steroid dienone is 2. The van der Waals surface area contributed by atoms with Crippen molar-refractivity contribution < 1.29 is 0 Å². The Morgan fingerprint density at radius 3 is 2.82 bits per heavy atom. The maximum absolute atomic E-state index is 2.49. The molecule has 0 unspecified atom stereocenters. The van der Waals surface area contributed by atoms with Gasteiger partial charge in [-0.2, -0.15) is 0 Å². The molecule has 0 aromatic heterocycles. The summed E-state index contributed by atoms with van der Waals surface area (Å²) >= 11 is 0. The second kappa shape index (κ2) is 3.46. The monoisotopic (exact) mass is 220 g/mol. The van der Waals surface area contributed by atoms with E-state index < -0.39 is 0 Å². The van der Waals surface area contributed by atoms with Crippen molar-refractivity contribution in [3.63, 3.8) is 0 Å². The van der Waals surface area contributed by atoms with Gasteiger partial charge >= 0.3 is 0 Å². The maximum Gasteiger partial charge on any atom is -0.00738 e. The SMILES string of the molecule is C1=C2CCc3cccc4ccc(c2c34)CCC1. The van der Waals surface area contributed by atoms with Crippen LogP contribution in [0.25, 0.3) is 16.3 Å². The zero-order valence-corrected chi connectivity index (χ0v) is 10.00. The van der Waals surface area contributed by atoms with Gasteiger partial charge in [0, 0.05) is 0 Å². The van der Waals surface area contributed by atoms with Gasteiger partial charge in [-0.25, -0.2) is 0 Å². The molecule has 0 fully saturated rings. The van der Waals surface area contributed by atoms with Crippen LogP contribution in [0.15, 0.2) is 36.4 Å². The molecule has 0 heteroatoms. The van der Waals surface area contributed by atoms with Crippen molar-refractivity contribution in [1.82, 2.24) is 0 Å². The summed E-state index contributed by atoms with van der Waals surface area (Å²) in [5.74, 6) is 0. The minimum Gasteiger partial charge on any atom is -0.0807 e. The second-order valence-electron chi connectivity index (χ2n) is 5.24. The lowest BCUT2D eigenvalue weighted by Gasteiger charge is -2.22. The third kappa shape index (κ3) is 1.30. The Kier molecular flexibility index (Phi) is 1.93. The Balaban J connectivity index is 2.19. The van der Waals surface area contributed by atoms with E-state index in [4.69, 9.17) is 0 Å². The van der Waals surface area contributed by atoms with E-state index in [1.54, 1.807) is 27.6 Å². The number of rotatable bonds is 0. The van der Waals surface area contributed by atoms with Crippen molar-refractivity contribution >= 4 is 16.3 Å². The van der Waals surface area contributed by atoms with Gasteiger partial charge in [-0.15, -0.1) is 0 Å². The fraction of sp³-hybridized carbons (Fsp3) is 0.294. The van der Waals surface area contributed by atoms with Gasteiger partial charge in [-0.05, 0) is 65.1 Å². The first-order valence-corrected chi connectivity index (χ1v) is 6.66. The predicted molar refractivity (Wildman–Crippen MR) is 73.2 cm³/mol. The average Bonchev–Trinajstić information content (AvgIpc) is 2.59. The van der Waals surface area contributed by atoms with E-state index in [-0.39, 0.29) is 0 Å². The van der Waals surface area contributed by atoms with Gasteiger partial charge in [0.2, 0.25) is 0 Å². The lowest BCUT2D eigenvalue weighted by molar-refractivity contribution is 0.852. The van der Waals surface area contributed by atoms with E-state index in [9.17, 15) is 0 Å². The third-order valence-electron chi connectivity index (χ3n) is 4.24. The first kappa shape index (κ1) is 9.47. The zero-order valence-electron chi connectivity index (χ0n) is 10.00. The highest BCUT2D eigenvalue weighted by molar-refractivity contribution is 5.99. The normalized spacial score (nSPS) is 17.8. The van der Waals surface area contributed by atoms with E-state index >= 15 is 0 Å². The molecule has 0 bridgehead atoms. The van der Waals surface area contributed by atoms with Crippen molar-refractivity contribution in [2.75, 3.05) is 0 Å². The second-order valence-corrected chi connectivity index (χ2v) is 5.24. The predicted octanol–water partition coefficient (Wildman–Crippen LogP) is 4.51. The van der Waals surface area contributed by atoms with Gasteiger partial charge in [0.25, 0.3) is 0 Å². The molecule has 0 nitrogen and oxygen atoms in total. The van der Waals surface area contributed by atoms with Crippen LogP contribution in [-0.2, 0) is 12.8 Å². The average molecular weight is 220 g/mol. The zero-order chi connectivity index (χ0) is 11.2. The molecule has 4 rings (SSSR count). The van der Waals surface area contributed by atoms with E-state index in [1.807, 2.05) is 0 Å². The molecule has 0 spiro atoms. The van der Waals surface area contributed by atoms with Crippen molar-refractivity contribution in [3.05, 3.63) is 53.1 Å². The molecule has 0 heterocycles. The van der Waals surface area contributed by atoms with E-state index in [0.29, 0.717) is 0 Å². The Labute approximate surface area is 102 Å². The van der Waals surface area contributed by atoms with Crippen molar-refractivity contribution in [3.8, 4) is 0 Å². The molecule has 17 heavy (non-hydrogen) atoms. The van der Waals surface area contributed by atoms with Crippen LogP contribution in [0.5, 0.6) is 0 Å². The van der Waals surface area contributed by atoms with Crippen LogP contribution in [0, 0.1) is 0 Å². The molecular formula is C17H16. The quantitative estimate of drug-likeness (QED) is 0.613. The number of hydrogen-bond donors (Lipinski definition) is 0. The summed E-state index contributed by atoms with van der Waals surface area (Å²) in [7, 11) is 0. The molecule has 2 aliphatic carbocycles. The summed E-state index contributed by atoms with van der Waals surface area (Å²) in [4.78, 5) is 0. The van der Waals surface area contributed by atoms with Crippen LogP contribution in [0.3, 0.4) is 0 Å². The van der Waals surface area contributed by atoms with Crippen molar-refractivity contribution in [1.29, 1.82) is 0 Å². The van der Waals surface area contributed by atoms with Crippen LogP contribution < -0.4 is 0 Å². The lowest BCUT2D eigenvalue weighted by atomic mass is 9.82. The molecule has 84 valence electrons. The van der Waals surface area contributed by atoms with Crippen LogP contribution in [-0.4, -0.2) is 0 Å². The van der Waals surface area contributed by atoms with Gasteiger partial charge in [0.1, 0.15) is 0 Å². The summed E-state index contributed by atoms with van der Waals surface area (Å²) in [5, 5.41) is 2.97. The van der Waals surface area contributed by atoms with Crippen molar-refractivity contribution in [2.45, 2.75) is 32.1 Å². The highest BCUT2D eigenvalue weighted by Gasteiger charge is 2.20. The number of hydrogen-bond acceptors (Lipinski definition) is 0. The van der Waals surface area contributed by atoms with Gasteiger partial charge < -0.3 is 0 Å². The lowest BCUT2D eigenvalue weighted by Crippen LogP contribution is -2.03. The number of benzene rings is 2. The van der Waals surface area contributed by atoms with Crippen molar-refractivity contribution in [2.24, 2.45) is 0 Å². The Morgan fingerprint density at radius 1 is 0.824 bits per heavy atom. The molecule has 0 N–H and O–H groups in total. The summed E-state index contributed by atoms with van der Waals surface area (Å²) < 4.78 is 0. The molecule has 0 atom stereocenters. The van der Waals surface area contributed by atoms with Crippen LogP contribution >= 0.6 is 0 Å². The first-order chi connectivity index (χ1) is 8.43. The molecule has 2 aliphatic rings. The summed E-state index contributed by atoms with van der Waals surface area (Å²) in [6.07, 6.45) is 8.77. The van der Waals surface area contributed by atoms with Gasteiger partial charge in [0.05, 0.1) is 0 Å².